The van der Waals surface area contributed by atoms with Gasteiger partial charge in [0.2, 0.25) is 33.5 Å². The maximum atomic E-state index is 14.9. The molecule has 2 aliphatic heterocycles. The van der Waals surface area contributed by atoms with Crippen LogP contribution in [-0.2, 0) is 33.9 Å². The van der Waals surface area contributed by atoms with Crippen molar-refractivity contribution in [2.24, 2.45) is 29.1 Å². The van der Waals surface area contributed by atoms with Crippen LogP contribution in [0.15, 0.2) is 48.8 Å². The molecule has 296 valence electrons. The standard InChI is InChI=1S/C41H53N5O8S/c1-25-11-7-8-12-27-22-41(27,37(50)44-55(51,52)40(6)15-16-40)23-33(47)32-20-28(53-35-29-13-9-10-14-31(29)45-18-17-42-38(45)43-35)24-46(32)36(49)30(26(2)19-25)21-34(48)54-39(3,4)5/h8-10,12-14,17-18,25-28,30,32H,7,11,15-16,19-24H2,1-6H3,(H,44,50)/b12-8-/t25-,26+,27+,28+,30-,32-,41+/m0/s1. The molecule has 0 radical (unpaired) electrons. The van der Waals surface area contributed by atoms with Gasteiger partial charge in [-0.1, -0.05) is 38.1 Å². The third kappa shape index (κ3) is 7.88. The monoisotopic (exact) mass is 775 g/mol. The Morgan fingerprint density at radius 3 is 2.56 bits per heavy atom. The summed E-state index contributed by atoms with van der Waals surface area (Å²) in [7, 11) is -3.95. The van der Waals surface area contributed by atoms with Gasteiger partial charge in [0.25, 0.3) is 0 Å². The number of allylic oxidation sites excluding steroid dienone is 2. The van der Waals surface area contributed by atoms with Crippen LogP contribution in [0.4, 0.5) is 0 Å². The Balaban J connectivity index is 1.24. The Hall–Kier alpha value is -4.33. The molecule has 1 N–H and O–H groups in total. The van der Waals surface area contributed by atoms with Crippen molar-refractivity contribution in [2.75, 3.05) is 6.54 Å². The van der Waals surface area contributed by atoms with Gasteiger partial charge in [-0.25, -0.2) is 13.4 Å². The third-order valence-electron chi connectivity index (χ3n) is 12.1. The lowest BCUT2D eigenvalue weighted by molar-refractivity contribution is -0.160. The van der Waals surface area contributed by atoms with Crippen molar-refractivity contribution in [2.45, 2.75) is 122 Å². The van der Waals surface area contributed by atoms with E-state index in [9.17, 15) is 27.6 Å². The zero-order chi connectivity index (χ0) is 39.5. The van der Waals surface area contributed by atoms with Gasteiger partial charge in [-0.05, 0) is 96.1 Å². The van der Waals surface area contributed by atoms with Gasteiger partial charge in [-0.3, -0.25) is 28.3 Å². The van der Waals surface area contributed by atoms with Gasteiger partial charge in [0.05, 0.1) is 46.0 Å². The molecular formula is C41H53N5O8S. The number of Topliss-reactive ketones (excluding diaryl/α,β-unsaturated/α-hetero) is 1. The van der Waals surface area contributed by atoms with Crippen LogP contribution < -0.4 is 9.46 Å². The van der Waals surface area contributed by atoms with Crippen LogP contribution in [0, 0.1) is 29.1 Å². The number of ketones is 1. The van der Waals surface area contributed by atoms with Crippen LogP contribution in [0.25, 0.3) is 16.7 Å². The minimum absolute atomic E-state index is 0.0488. The van der Waals surface area contributed by atoms with E-state index in [-0.39, 0.29) is 55.3 Å². The summed E-state index contributed by atoms with van der Waals surface area (Å²) in [6, 6.07) is 6.62. The Bertz CT molecular complexity index is 2150. The van der Waals surface area contributed by atoms with Crippen LogP contribution in [0.5, 0.6) is 5.88 Å². The fraction of sp³-hybridized carbons (Fsp3) is 0.610. The normalized spacial score (nSPS) is 30.5. The number of aromatic nitrogens is 3. The summed E-state index contributed by atoms with van der Waals surface area (Å²) in [5, 5.41) is 0.731. The highest BCUT2D eigenvalue weighted by Gasteiger charge is 2.62. The van der Waals surface area contributed by atoms with Crippen LogP contribution in [0.1, 0.15) is 99.3 Å². The summed E-state index contributed by atoms with van der Waals surface area (Å²) < 4.78 is 41.9. The molecule has 4 aliphatic rings. The second kappa shape index (κ2) is 14.3. The summed E-state index contributed by atoms with van der Waals surface area (Å²) >= 11 is 0. The van der Waals surface area contributed by atoms with Crippen molar-refractivity contribution in [3.05, 3.63) is 48.8 Å². The van der Waals surface area contributed by atoms with Crippen molar-refractivity contribution in [1.29, 1.82) is 0 Å². The molecule has 0 spiro atoms. The summed E-state index contributed by atoms with van der Waals surface area (Å²) in [5.41, 5.74) is -1.19. The number of esters is 1. The van der Waals surface area contributed by atoms with Gasteiger partial charge >= 0.3 is 5.97 Å². The average molecular weight is 776 g/mol. The van der Waals surface area contributed by atoms with Crippen LogP contribution in [-0.4, -0.2) is 80.3 Å². The second-order valence-corrected chi connectivity index (χ2v) is 19.9. The highest BCUT2D eigenvalue weighted by Crippen LogP contribution is 2.57. The van der Waals surface area contributed by atoms with Crippen LogP contribution >= 0.6 is 0 Å². The molecule has 4 heterocycles. The van der Waals surface area contributed by atoms with E-state index in [2.05, 4.69) is 21.6 Å². The predicted octanol–water partition coefficient (Wildman–Crippen LogP) is 5.56. The van der Waals surface area contributed by atoms with Gasteiger partial charge in [0.1, 0.15) is 11.7 Å². The number of hydrogen-bond acceptors (Lipinski definition) is 10. The molecule has 2 aromatic heterocycles. The molecule has 7 atom stereocenters. The maximum Gasteiger partial charge on any atom is 0.307 e. The van der Waals surface area contributed by atoms with Crippen molar-refractivity contribution in [3.63, 3.8) is 0 Å². The van der Waals surface area contributed by atoms with Gasteiger partial charge in [0.15, 0.2) is 5.78 Å². The first kappa shape index (κ1) is 38.9. The van der Waals surface area contributed by atoms with Crippen LogP contribution in [0.3, 0.4) is 0 Å². The molecule has 3 aromatic rings. The minimum Gasteiger partial charge on any atom is -0.472 e. The molecule has 2 amide bonds. The summed E-state index contributed by atoms with van der Waals surface area (Å²) in [5.74, 6) is -2.23. The Morgan fingerprint density at radius 1 is 1.09 bits per heavy atom. The Labute approximate surface area is 322 Å². The van der Waals surface area contributed by atoms with E-state index in [1.54, 1.807) is 33.9 Å². The highest BCUT2D eigenvalue weighted by molar-refractivity contribution is 7.91. The molecule has 14 heteroatoms. The smallest absolute Gasteiger partial charge is 0.307 e. The minimum atomic E-state index is -3.95. The third-order valence-corrected chi connectivity index (χ3v) is 14.3. The number of sulfonamides is 1. The lowest BCUT2D eigenvalue weighted by atomic mass is 9.82. The number of nitrogens with one attached hydrogen (secondary N) is 1. The Kier molecular flexibility index (Phi) is 10.1. The molecular weight excluding hydrogens is 723 g/mol. The molecule has 2 saturated carbocycles. The molecule has 55 heavy (non-hydrogen) atoms. The van der Waals surface area contributed by atoms with E-state index < -0.39 is 55.7 Å². The summed E-state index contributed by atoms with van der Waals surface area (Å²) in [6.07, 6.45) is 9.96. The predicted molar refractivity (Wildman–Crippen MR) is 205 cm³/mol. The zero-order valence-electron chi connectivity index (χ0n) is 32.6. The molecule has 3 fully saturated rings. The molecule has 1 saturated heterocycles. The first-order chi connectivity index (χ1) is 25.9. The Morgan fingerprint density at radius 2 is 1.84 bits per heavy atom. The first-order valence-corrected chi connectivity index (χ1v) is 21.0. The van der Waals surface area contributed by atoms with E-state index in [0.29, 0.717) is 37.3 Å². The number of carbonyl (C=O) groups is 4. The number of fused-ring (bicyclic) bond motifs is 5. The van der Waals surface area contributed by atoms with Gasteiger partial charge in [-0.2, -0.15) is 4.98 Å². The number of amides is 2. The molecule has 7 rings (SSSR count). The largest absolute Gasteiger partial charge is 0.472 e. The first-order valence-electron chi connectivity index (χ1n) is 19.6. The molecule has 1 aromatic carbocycles. The number of ether oxygens (including phenoxy) is 2. The average Bonchev–Trinajstić information content (AvgIpc) is 3.89. The number of para-hydroxylation sites is 1. The molecule has 0 bridgehead atoms. The van der Waals surface area contributed by atoms with E-state index in [1.165, 1.54) is 4.90 Å². The number of nitrogens with zero attached hydrogens (tertiary/aromatic N) is 4. The molecule has 0 unspecified atom stereocenters. The van der Waals surface area contributed by atoms with Crippen molar-refractivity contribution in [3.8, 4) is 5.88 Å². The topological polar surface area (TPSA) is 166 Å². The number of rotatable bonds is 7. The van der Waals surface area contributed by atoms with E-state index >= 15 is 0 Å². The summed E-state index contributed by atoms with van der Waals surface area (Å²) in [6.45, 7) is 11.1. The number of benzene rings is 1. The van der Waals surface area contributed by atoms with Gasteiger partial charge in [-0.15, -0.1) is 0 Å². The fourth-order valence-corrected chi connectivity index (χ4v) is 9.81. The van der Waals surface area contributed by atoms with E-state index in [0.717, 1.165) is 23.7 Å². The second-order valence-electron chi connectivity index (χ2n) is 17.7. The number of hydrogen-bond donors (Lipinski definition) is 1. The fourth-order valence-electron chi connectivity index (χ4n) is 8.48. The van der Waals surface area contributed by atoms with Crippen LogP contribution in [0.2, 0.25) is 0 Å². The lowest BCUT2D eigenvalue weighted by Gasteiger charge is -2.32. The quantitative estimate of drug-likeness (QED) is 0.237. The molecule has 13 nitrogen and oxygen atoms in total. The number of carbonyl (C=O) groups excluding carboxylic acids is 4. The van der Waals surface area contributed by atoms with Crippen molar-refractivity contribution < 1.29 is 37.1 Å². The van der Waals surface area contributed by atoms with Gasteiger partial charge in [0, 0.05) is 25.2 Å². The van der Waals surface area contributed by atoms with Crippen molar-refractivity contribution in [1.82, 2.24) is 24.0 Å². The maximum absolute atomic E-state index is 14.9. The SMILES string of the molecule is C[C@H]1CC/C=C\[C@@H]2C[C@@]2(C(=O)NS(=O)(=O)C2(C)CC2)CC(=O)[C@@H]2C[C@@H](Oc3nc4nccn4c4ccccc34)CN2C(=O)[C@@H](CC(=O)OC(C)(C)C)[C@H](C)C1. The summed E-state index contributed by atoms with van der Waals surface area (Å²) in [4.78, 5) is 67.5. The van der Waals surface area contributed by atoms with E-state index in [1.807, 2.05) is 53.9 Å². The lowest BCUT2D eigenvalue weighted by Crippen LogP contribution is -2.48. The highest BCUT2D eigenvalue weighted by atomic mass is 32.2. The van der Waals surface area contributed by atoms with E-state index in [4.69, 9.17) is 9.47 Å². The van der Waals surface area contributed by atoms with Gasteiger partial charge < -0.3 is 14.4 Å². The zero-order valence-corrected chi connectivity index (χ0v) is 33.4. The van der Waals surface area contributed by atoms with Crippen molar-refractivity contribution >= 4 is 50.3 Å². The number of imidazole rings is 1. The molecule has 2 aliphatic carbocycles.